The van der Waals surface area contributed by atoms with Crippen LogP contribution in [0.25, 0.3) is 0 Å². The Labute approximate surface area is 101 Å². The molecule has 0 bridgehead atoms. The van der Waals surface area contributed by atoms with Crippen molar-refractivity contribution in [3.05, 3.63) is 29.3 Å². The topological polar surface area (TPSA) is 32.3 Å². The lowest BCUT2D eigenvalue weighted by Gasteiger charge is -2.13. The highest BCUT2D eigenvalue weighted by molar-refractivity contribution is 8.00. The molecule has 0 amide bonds. The summed E-state index contributed by atoms with van der Waals surface area (Å²) >= 11 is 1.96. The fraction of sp³-hybridized carbons (Fsp3) is 0.538. The summed E-state index contributed by atoms with van der Waals surface area (Å²) in [7, 11) is 0. The van der Waals surface area contributed by atoms with Gasteiger partial charge in [-0.25, -0.2) is 0 Å². The molecule has 0 heterocycles. The maximum Gasteiger partial charge on any atom is 0.120 e. The summed E-state index contributed by atoms with van der Waals surface area (Å²) in [4.78, 5) is 0. The highest BCUT2D eigenvalue weighted by atomic mass is 32.2. The SMILES string of the molecule is CSC1(CNCc2cc(C)ccc2O)CC1. The number of nitrogens with one attached hydrogen (secondary N) is 1. The largest absolute Gasteiger partial charge is 0.508 e. The van der Waals surface area contributed by atoms with Crippen molar-refractivity contribution >= 4 is 11.8 Å². The average molecular weight is 237 g/mol. The molecule has 2 rings (SSSR count). The highest BCUT2D eigenvalue weighted by Crippen LogP contribution is 2.46. The van der Waals surface area contributed by atoms with Crippen molar-refractivity contribution in [2.45, 2.75) is 31.1 Å². The van der Waals surface area contributed by atoms with Crippen molar-refractivity contribution < 1.29 is 5.11 Å². The van der Waals surface area contributed by atoms with Crippen molar-refractivity contribution in [2.24, 2.45) is 0 Å². The first-order valence-corrected chi connectivity index (χ1v) is 6.92. The number of phenols is 1. The molecule has 16 heavy (non-hydrogen) atoms. The quantitative estimate of drug-likeness (QED) is 0.826. The van der Waals surface area contributed by atoms with Crippen LogP contribution in [0.5, 0.6) is 5.75 Å². The minimum Gasteiger partial charge on any atom is -0.508 e. The van der Waals surface area contributed by atoms with E-state index >= 15 is 0 Å². The summed E-state index contributed by atoms with van der Waals surface area (Å²) < 4.78 is 0.486. The van der Waals surface area contributed by atoms with Crippen LogP contribution in [0.4, 0.5) is 0 Å². The van der Waals surface area contributed by atoms with E-state index in [2.05, 4.69) is 11.6 Å². The summed E-state index contributed by atoms with van der Waals surface area (Å²) in [6.07, 6.45) is 4.82. The first-order valence-electron chi connectivity index (χ1n) is 5.70. The fourth-order valence-electron chi connectivity index (χ4n) is 1.87. The van der Waals surface area contributed by atoms with Gasteiger partial charge in [0.05, 0.1) is 0 Å². The Balaban J connectivity index is 1.87. The average Bonchev–Trinajstić information content (AvgIpc) is 3.04. The van der Waals surface area contributed by atoms with Crippen LogP contribution in [0, 0.1) is 6.92 Å². The predicted octanol–water partition coefficient (Wildman–Crippen LogP) is 2.69. The third-order valence-corrected chi connectivity index (χ3v) is 4.66. The third kappa shape index (κ3) is 2.71. The van der Waals surface area contributed by atoms with Gasteiger partial charge < -0.3 is 10.4 Å². The summed E-state index contributed by atoms with van der Waals surface area (Å²) in [5.41, 5.74) is 2.19. The molecular formula is C13H19NOS. The van der Waals surface area contributed by atoms with E-state index in [4.69, 9.17) is 0 Å². The van der Waals surface area contributed by atoms with Gasteiger partial charge in [0.15, 0.2) is 0 Å². The van der Waals surface area contributed by atoms with Crippen LogP contribution >= 0.6 is 11.8 Å². The van der Waals surface area contributed by atoms with Crippen molar-refractivity contribution in [3.8, 4) is 5.75 Å². The van der Waals surface area contributed by atoms with Gasteiger partial charge in [-0.3, -0.25) is 0 Å². The zero-order valence-corrected chi connectivity index (χ0v) is 10.7. The number of aryl methyl sites for hydroxylation is 1. The highest BCUT2D eigenvalue weighted by Gasteiger charge is 2.41. The number of aromatic hydroxyl groups is 1. The summed E-state index contributed by atoms with van der Waals surface area (Å²) in [6.45, 7) is 3.85. The lowest BCUT2D eigenvalue weighted by Crippen LogP contribution is -2.25. The predicted molar refractivity (Wildman–Crippen MR) is 70.0 cm³/mol. The Morgan fingerprint density at radius 2 is 2.19 bits per heavy atom. The molecule has 2 N–H and O–H groups in total. The van der Waals surface area contributed by atoms with E-state index in [0.717, 1.165) is 18.7 Å². The van der Waals surface area contributed by atoms with Crippen molar-refractivity contribution in [1.82, 2.24) is 5.32 Å². The van der Waals surface area contributed by atoms with Crippen LogP contribution in [0.2, 0.25) is 0 Å². The van der Waals surface area contributed by atoms with Gasteiger partial charge in [-0.05, 0) is 32.1 Å². The smallest absolute Gasteiger partial charge is 0.120 e. The summed E-state index contributed by atoms with van der Waals surface area (Å²) in [5.74, 6) is 0.395. The van der Waals surface area contributed by atoms with E-state index < -0.39 is 0 Å². The van der Waals surface area contributed by atoms with E-state index in [1.54, 1.807) is 6.07 Å². The number of benzene rings is 1. The van der Waals surface area contributed by atoms with Crippen LogP contribution in [0.15, 0.2) is 18.2 Å². The number of hydrogen-bond acceptors (Lipinski definition) is 3. The first kappa shape index (κ1) is 11.8. The molecule has 0 aliphatic heterocycles. The minimum absolute atomic E-state index is 0.395. The van der Waals surface area contributed by atoms with Gasteiger partial charge in [0.1, 0.15) is 5.75 Å². The van der Waals surface area contributed by atoms with Crippen LogP contribution < -0.4 is 5.32 Å². The molecule has 88 valence electrons. The standard InChI is InChI=1S/C13H19NOS/c1-10-3-4-12(15)11(7-10)8-14-9-13(16-2)5-6-13/h3-4,7,14-15H,5-6,8-9H2,1-2H3. The van der Waals surface area contributed by atoms with Crippen molar-refractivity contribution in [1.29, 1.82) is 0 Å². The molecule has 0 spiro atoms. The molecule has 1 fully saturated rings. The molecule has 0 saturated heterocycles. The Kier molecular flexibility index (Phi) is 3.45. The zero-order chi connectivity index (χ0) is 11.6. The normalized spacial score (nSPS) is 17.4. The first-order chi connectivity index (χ1) is 7.65. The van der Waals surface area contributed by atoms with Gasteiger partial charge in [0, 0.05) is 23.4 Å². The van der Waals surface area contributed by atoms with Crippen molar-refractivity contribution in [3.63, 3.8) is 0 Å². The Bertz CT molecular complexity index is 374. The number of rotatable bonds is 5. The zero-order valence-electron chi connectivity index (χ0n) is 9.92. The van der Waals surface area contributed by atoms with Gasteiger partial charge in [0.25, 0.3) is 0 Å². The number of phenolic OH excluding ortho intramolecular Hbond substituents is 1. The second-order valence-electron chi connectivity index (χ2n) is 4.62. The molecule has 1 aromatic rings. The minimum atomic E-state index is 0.395. The van der Waals surface area contributed by atoms with Crippen LogP contribution in [0.3, 0.4) is 0 Å². The number of hydrogen-bond donors (Lipinski definition) is 2. The summed E-state index contributed by atoms with van der Waals surface area (Å²) in [6, 6.07) is 5.75. The monoisotopic (exact) mass is 237 g/mol. The van der Waals surface area contributed by atoms with Gasteiger partial charge >= 0.3 is 0 Å². The van der Waals surface area contributed by atoms with Gasteiger partial charge in [-0.2, -0.15) is 11.8 Å². The molecule has 1 aromatic carbocycles. The maximum atomic E-state index is 9.69. The van der Waals surface area contributed by atoms with Gasteiger partial charge in [-0.15, -0.1) is 0 Å². The van der Waals surface area contributed by atoms with E-state index in [1.165, 1.54) is 18.4 Å². The molecule has 0 radical (unpaired) electrons. The molecule has 1 aliphatic rings. The van der Waals surface area contributed by atoms with Crippen LogP contribution in [-0.4, -0.2) is 22.7 Å². The van der Waals surface area contributed by atoms with Crippen LogP contribution in [0.1, 0.15) is 24.0 Å². The molecule has 1 saturated carbocycles. The molecule has 0 aromatic heterocycles. The van der Waals surface area contributed by atoms with E-state index in [0.29, 0.717) is 10.5 Å². The lowest BCUT2D eigenvalue weighted by molar-refractivity contribution is 0.464. The molecule has 1 aliphatic carbocycles. The van der Waals surface area contributed by atoms with Gasteiger partial charge in [-0.1, -0.05) is 17.7 Å². The van der Waals surface area contributed by atoms with Gasteiger partial charge in [0.2, 0.25) is 0 Å². The Morgan fingerprint density at radius 3 is 2.81 bits per heavy atom. The lowest BCUT2D eigenvalue weighted by atomic mass is 10.1. The maximum absolute atomic E-state index is 9.69. The fourth-order valence-corrected chi connectivity index (χ4v) is 2.63. The van der Waals surface area contributed by atoms with E-state index in [9.17, 15) is 5.11 Å². The Hall–Kier alpha value is -0.670. The van der Waals surface area contributed by atoms with E-state index in [-0.39, 0.29) is 0 Å². The van der Waals surface area contributed by atoms with E-state index in [1.807, 2.05) is 30.8 Å². The summed E-state index contributed by atoms with van der Waals surface area (Å²) in [5, 5.41) is 13.1. The molecular weight excluding hydrogens is 218 g/mol. The third-order valence-electron chi connectivity index (χ3n) is 3.24. The van der Waals surface area contributed by atoms with Crippen LogP contribution in [-0.2, 0) is 6.54 Å². The second-order valence-corrected chi connectivity index (χ2v) is 5.90. The number of thioether (sulfide) groups is 1. The molecule has 2 nitrogen and oxygen atoms in total. The molecule has 0 atom stereocenters. The second kappa shape index (κ2) is 4.68. The molecule has 3 heteroatoms. The Morgan fingerprint density at radius 1 is 1.44 bits per heavy atom. The molecule has 0 unspecified atom stereocenters. The van der Waals surface area contributed by atoms with Crippen molar-refractivity contribution in [2.75, 3.05) is 12.8 Å².